The zero-order valence-electron chi connectivity index (χ0n) is 31.8. The topological polar surface area (TPSA) is 53.6 Å². The highest BCUT2D eigenvalue weighted by Crippen LogP contribution is 2.45. The van der Waals surface area contributed by atoms with Gasteiger partial charge in [-0.1, -0.05) is 124 Å². The van der Waals surface area contributed by atoms with Crippen LogP contribution < -0.4 is 15.5 Å². The molecule has 1 unspecified atom stereocenters. The number of rotatable bonds is 13. The van der Waals surface area contributed by atoms with Crippen molar-refractivity contribution in [1.29, 1.82) is 0 Å². The predicted molar refractivity (Wildman–Crippen MR) is 228 cm³/mol. The standard InChI is InChI=1S/C47H49Cl2N3O2/c1-32(2)45(53)54-29-28-50-41-24-22-35(48)30-39(41)46(3,4)27-13-14-33-19-20-34(21-26-43-47(5,6)40-31-36(49)23-25-42(40)51-43)44(33)52(37-15-9-7-10-16-37)38-17-11-8-12-18-38/h7-18,21-27,30-31,43,50-51H,1,19-20,28-29H2,2-6H3/b26-21+,27-13-,33-14+. The number of anilines is 4. The van der Waals surface area contributed by atoms with Crippen LogP contribution in [0.4, 0.5) is 22.7 Å². The summed E-state index contributed by atoms with van der Waals surface area (Å²) in [5.41, 5.74) is 10.2. The quantitative estimate of drug-likeness (QED) is 0.0808. The Bertz CT molecular complexity index is 2090. The molecule has 2 aliphatic rings. The highest BCUT2D eigenvalue weighted by Gasteiger charge is 2.38. The molecule has 278 valence electrons. The van der Waals surface area contributed by atoms with Gasteiger partial charge in [0.15, 0.2) is 0 Å². The molecule has 0 saturated heterocycles. The number of carbonyl (C=O) groups is 1. The van der Waals surface area contributed by atoms with Crippen molar-refractivity contribution in [1.82, 2.24) is 0 Å². The molecule has 1 atom stereocenters. The second-order valence-corrected chi connectivity index (χ2v) is 16.0. The van der Waals surface area contributed by atoms with Crippen LogP contribution in [0.15, 0.2) is 156 Å². The van der Waals surface area contributed by atoms with Gasteiger partial charge in [-0.05, 0) is 103 Å². The molecule has 4 aromatic carbocycles. The summed E-state index contributed by atoms with van der Waals surface area (Å²) in [5.74, 6) is -0.392. The van der Waals surface area contributed by atoms with Gasteiger partial charge in [0.25, 0.3) is 0 Å². The number of benzene rings is 4. The average molecular weight is 759 g/mol. The van der Waals surface area contributed by atoms with E-state index >= 15 is 0 Å². The summed E-state index contributed by atoms with van der Waals surface area (Å²) in [6, 6.07) is 33.3. The minimum atomic E-state index is -0.392. The van der Waals surface area contributed by atoms with Crippen LogP contribution in [0.3, 0.4) is 0 Å². The van der Waals surface area contributed by atoms with Crippen LogP contribution in [0, 0.1) is 0 Å². The molecule has 0 aromatic heterocycles. The van der Waals surface area contributed by atoms with Gasteiger partial charge in [0.1, 0.15) is 6.61 Å². The van der Waals surface area contributed by atoms with Gasteiger partial charge >= 0.3 is 5.97 Å². The number of carbonyl (C=O) groups excluding carboxylic acids is 1. The molecule has 2 N–H and O–H groups in total. The van der Waals surface area contributed by atoms with Crippen molar-refractivity contribution in [3.63, 3.8) is 0 Å². The van der Waals surface area contributed by atoms with Crippen molar-refractivity contribution in [2.75, 3.05) is 28.7 Å². The first-order valence-electron chi connectivity index (χ1n) is 18.5. The largest absolute Gasteiger partial charge is 0.460 e. The number of halogens is 2. The van der Waals surface area contributed by atoms with Crippen LogP contribution in [-0.4, -0.2) is 25.2 Å². The number of ether oxygens (including phenoxy) is 1. The fourth-order valence-electron chi connectivity index (χ4n) is 7.23. The summed E-state index contributed by atoms with van der Waals surface area (Å²) in [6.45, 7) is 14.9. The second kappa shape index (κ2) is 16.6. The lowest BCUT2D eigenvalue weighted by Crippen LogP contribution is -2.31. The SMILES string of the molecule is C=C(C)C(=O)OCCNc1ccc(Cl)cc1C(C)(C)/C=C\C=C1/CCC(/C=C/C2Nc3ccc(Cl)cc3C2(C)C)=C1N(c1ccccc1)c1ccccc1. The van der Waals surface area contributed by atoms with Crippen molar-refractivity contribution < 1.29 is 9.53 Å². The summed E-state index contributed by atoms with van der Waals surface area (Å²) >= 11 is 13.0. The molecule has 0 fully saturated rings. The van der Waals surface area contributed by atoms with Gasteiger partial charge in [-0.3, -0.25) is 0 Å². The number of hydrogen-bond acceptors (Lipinski definition) is 5. The molecular formula is C47H49Cl2N3O2. The molecule has 1 aliphatic carbocycles. The van der Waals surface area contributed by atoms with E-state index < -0.39 is 5.97 Å². The zero-order chi connectivity index (χ0) is 38.5. The number of nitrogens with one attached hydrogen (secondary N) is 2. The van der Waals surface area contributed by atoms with Crippen LogP contribution >= 0.6 is 23.2 Å². The number of esters is 1. The Kier molecular flexibility index (Phi) is 11.9. The molecular weight excluding hydrogens is 709 g/mol. The third-order valence-corrected chi connectivity index (χ3v) is 10.7. The maximum absolute atomic E-state index is 11.9. The first-order chi connectivity index (χ1) is 25.8. The van der Waals surface area contributed by atoms with Crippen LogP contribution in [0.2, 0.25) is 10.0 Å². The molecule has 1 heterocycles. The Morgan fingerprint density at radius 1 is 0.963 bits per heavy atom. The molecule has 0 spiro atoms. The second-order valence-electron chi connectivity index (χ2n) is 15.1. The lowest BCUT2D eigenvalue weighted by molar-refractivity contribution is -0.138. The predicted octanol–water partition coefficient (Wildman–Crippen LogP) is 12.5. The summed E-state index contributed by atoms with van der Waals surface area (Å²) in [4.78, 5) is 14.3. The zero-order valence-corrected chi connectivity index (χ0v) is 33.3. The molecule has 0 saturated carbocycles. The number of allylic oxidation sites excluding steroid dienone is 6. The van der Waals surface area contributed by atoms with Gasteiger partial charge in [-0.15, -0.1) is 0 Å². The van der Waals surface area contributed by atoms with Crippen molar-refractivity contribution in [2.45, 2.75) is 64.3 Å². The third kappa shape index (κ3) is 8.70. The van der Waals surface area contributed by atoms with Crippen LogP contribution in [0.25, 0.3) is 0 Å². The van der Waals surface area contributed by atoms with Crippen LogP contribution in [-0.2, 0) is 20.4 Å². The van der Waals surface area contributed by atoms with Crippen molar-refractivity contribution in [2.24, 2.45) is 0 Å². The number of para-hydroxylation sites is 2. The average Bonchev–Trinajstić information content (AvgIpc) is 3.66. The Morgan fingerprint density at radius 3 is 2.28 bits per heavy atom. The Labute approximate surface area is 330 Å². The van der Waals surface area contributed by atoms with Gasteiger partial charge in [0, 0.05) is 55.7 Å². The number of hydrogen-bond donors (Lipinski definition) is 2. The molecule has 1 aliphatic heterocycles. The first kappa shape index (κ1) is 38.7. The van der Waals surface area contributed by atoms with E-state index in [1.807, 2.05) is 24.3 Å². The maximum atomic E-state index is 11.9. The van der Waals surface area contributed by atoms with E-state index in [0.29, 0.717) is 17.1 Å². The summed E-state index contributed by atoms with van der Waals surface area (Å²) in [7, 11) is 0. The van der Waals surface area contributed by atoms with E-state index in [1.165, 1.54) is 22.4 Å². The van der Waals surface area contributed by atoms with E-state index in [4.69, 9.17) is 27.9 Å². The molecule has 54 heavy (non-hydrogen) atoms. The highest BCUT2D eigenvalue weighted by atomic mass is 35.5. The monoisotopic (exact) mass is 757 g/mol. The molecule has 0 amide bonds. The lowest BCUT2D eigenvalue weighted by Gasteiger charge is -2.29. The normalized spacial score (nSPS) is 17.2. The maximum Gasteiger partial charge on any atom is 0.333 e. The molecule has 0 bridgehead atoms. The van der Waals surface area contributed by atoms with Gasteiger partial charge in [0.2, 0.25) is 0 Å². The molecule has 0 radical (unpaired) electrons. The van der Waals surface area contributed by atoms with E-state index in [0.717, 1.165) is 46.2 Å². The number of fused-ring (bicyclic) bond motifs is 1. The van der Waals surface area contributed by atoms with Gasteiger partial charge in [-0.2, -0.15) is 0 Å². The minimum Gasteiger partial charge on any atom is -0.460 e. The number of nitrogens with zero attached hydrogens (tertiary/aromatic N) is 1. The van der Waals surface area contributed by atoms with E-state index in [1.54, 1.807) is 6.92 Å². The van der Waals surface area contributed by atoms with Crippen molar-refractivity contribution in [3.05, 3.63) is 178 Å². The van der Waals surface area contributed by atoms with Crippen LogP contribution in [0.5, 0.6) is 0 Å². The third-order valence-electron chi connectivity index (χ3n) is 10.3. The lowest BCUT2D eigenvalue weighted by atomic mass is 9.80. The van der Waals surface area contributed by atoms with Crippen molar-refractivity contribution in [3.8, 4) is 0 Å². The summed E-state index contributed by atoms with van der Waals surface area (Å²) in [5, 5.41) is 8.60. The first-order valence-corrected chi connectivity index (χ1v) is 19.2. The van der Waals surface area contributed by atoms with Crippen LogP contribution in [0.1, 0.15) is 58.6 Å². The summed E-state index contributed by atoms with van der Waals surface area (Å²) in [6.07, 6.45) is 13.1. The van der Waals surface area contributed by atoms with E-state index in [9.17, 15) is 4.79 Å². The summed E-state index contributed by atoms with van der Waals surface area (Å²) < 4.78 is 5.30. The Hall–Kier alpha value is -4.97. The van der Waals surface area contributed by atoms with Crippen molar-refractivity contribution >= 4 is 51.9 Å². The smallest absolute Gasteiger partial charge is 0.333 e. The highest BCUT2D eigenvalue weighted by molar-refractivity contribution is 6.31. The molecule has 6 rings (SSSR count). The van der Waals surface area contributed by atoms with Gasteiger partial charge < -0.3 is 20.3 Å². The van der Waals surface area contributed by atoms with Gasteiger partial charge in [0.05, 0.1) is 11.7 Å². The fourth-order valence-corrected chi connectivity index (χ4v) is 7.57. The Balaban J connectivity index is 1.35. The molecule has 7 heteroatoms. The molecule has 4 aromatic rings. The van der Waals surface area contributed by atoms with Gasteiger partial charge in [-0.25, -0.2) is 4.79 Å². The molecule has 5 nitrogen and oxygen atoms in total. The van der Waals surface area contributed by atoms with E-state index in [-0.39, 0.29) is 23.5 Å². The fraction of sp³-hybridized carbons (Fsp3) is 0.255. The Morgan fingerprint density at radius 2 is 1.61 bits per heavy atom. The minimum absolute atomic E-state index is 0.106. The van der Waals surface area contributed by atoms with E-state index in [2.05, 4.69) is 153 Å².